The van der Waals surface area contributed by atoms with Crippen LogP contribution in [0.15, 0.2) is 24.5 Å². The number of nitrogens with zero attached hydrogens (tertiary/aromatic N) is 1. The summed E-state index contributed by atoms with van der Waals surface area (Å²) in [5.41, 5.74) is 7.94. The first kappa shape index (κ1) is 10.6. The highest BCUT2D eigenvalue weighted by molar-refractivity contribution is 5.99. The normalized spacial score (nSPS) is 12.6. The van der Waals surface area contributed by atoms with Gasteiger partial charge in [0.2, 0.25) is 5.91 Å². The second-order valence-electron chi connectivity index (χ2n) is 3.83. The van der Waals surface area contributed by atoms with E-state index in [9.17, 15) is 4.79 Å². The molecule has 5 nitrogen and oxygen atoms in total. The molecule has 0 aliphatic heterocycles. The van der Waals surface area contributed by atoms with Gasteiger partial charge in [0.1, 0.15) is 5.52 Å². The Labute approximate surface area is 93.1 Å². The highest BCUT2D eigenvalue weighted by atomic mass is 16.1. The maximum absolute atomic E-state index is 11.6. The number of nitrogens with one attached hydrogen (secondary N) is 2. The number of benzene rings is 1. The maximum atomic E-state index is 11.6. The van der Waals surface area contributed by atoms with Gasteiger partial charge < -0.3 is 16.0 Å². The minimum atomic E-state index is -0.140. The number of amides is 1. The molecule has 0 saturated heterocycles. The van der Waals surface area contributed by atoms with Gasteiger partial charge in [-0.05, 0) is 19.1 Å². The van der Waals surface area contributed by atoms with Crippen molar-refractivity contribution in [2.45, 2.75) is 19.4 Å². The van der Waals surface area contributed by atoms with Crippen molar-refractivity contribution in [2.24, 2.45) is 5.73 Å². The molecule has 2 aromatic rings. The summed E-state index contributed by atoms with van der Waals surface area (Å²) in [4.78, 5) is 18.7. The number of hydrogen-bond acceptors (Lipinski definition) is 3. The number of aromatic nitrogens is 2. The Bertz CT molecular complexity index is 503. The molecule has 0 fully saturated rings. The third-order valence-electron chi connectivity index (χ3n) is 2.23. The zero-order chi connectivity index (χ0) is 11.5. The summed E-state index contributed by atoms with van der Waals surface area (Å²) in [6, 6.07) is 5.45. The van der Waals surface area contributed by atoms with Crippen molar-refractivity contribution in [3.63, 3.8) is 0 Å². The summed E-state index contributed by atoms with van der Waals surface area (Å²) < 4.78 is 0. The molecule has 1 unspecified atom stereocenters. The van der Waals surface area contributed by atoms with Crippen molar-refractivity contribution in [1.29, 1.82) is 0 Å². The SMILES string of the molecule is CC(N)CC(=O)Nc1cccc2[nH]cnc12. The second kappa shape index (κ2) is 4.32. The number of fused-ring (bicyclic) bond motifs is 1. The van der Waals surface area contributed by atoms with Crippen LogP contribution in [-0.2, 0) is 4.79 Å². The molecule has 0 bridgehead atoms. The topological polar surface area (TPSA) is 83.8 Å². The molecular weight excluding hydrogens is 204 g/mol. The van der Waals surface area contributed by atoms with Gasteiger partial charge in [-0.2, -0.15) is 0 Å². The van der Waals surface area contributed by atoms with Gasteiger partial charge >= 0.3 is 0 Å². The summed E-state index contributed by atoms with van der Waals surface area (Å²) in [6.07, 6.45) is 1.91. The number of hydrogen-bond donors (Lipinski definition) is 3. The number of H-pyrrole nitrogens is 1. The smallest absolute Gasteiger partial charge is 0.225 e. The van der Waals surface area contributed by atoms with E-state index in [-0.39, 0.29) is 11.9 Å². The average Bonchev–Trinajstić information content (AvgIpc) is 2.65. The summed E-state index contributed by atoms with van der Waals surface area (Å²) in [5.74, 6) is -0.0921. The Balaban J connectivity index is 2.20. The highest BCUT2D eigenvalue weighted by Gasteiger charge is 2.08. The van der Waals surface area contributed by atoms with E-state index in [2.05, 4.69) is 15.3 Å². The summed E-state index contributed by atoms with van der Waals surface area (Å²) in [6.45, 7) is 1.80. The standard InChI is InChI=1S/C11H14N4O/c1-7(12)5-10(16)15-9-4-2-3-8-11(9)14-6-13-8/h2-4,6-7H,5,12H2,1H3,(H,13,14)(H,15,16). The van der Waals surface area contributed by atoms with Crippen LogP contribution >= 0.6 is 0 Å². The summed E-state index contributed by atoms with van der Waals surface area (Å²) >= 11 is 0. The fraction of sp³-hybridized carbons (Fsp3) is 0.273. The quantitative estimate of drug-likeness (QED) is 0.724. The number of carbonyl (C=O) groups excluding carboxylic acids is 1. The lowest BCUT2D eigenvalue weighted by Crippen LogP contribution is -2.24. The van der Waals surface area contributed by atoms with Gasteiger partial charge in [0.05, 0.1) is 17.5 Å². The molecule has 0 radical (unpaired) electrons. The lowest BCUT2D eigenvalue weighted by molar-refractivity contribution is -0.116. The van der Waals surface area contributed by atoms with Crippen LogP contribution in [0.1, 0.15) is 13.3 Å². The van der Waals surface area contributed by atoms with E-state index in [1.54, 1.807) is 13.3 Å². The first-order chi connectivity index (χ1) is 7.66. The van der Waals surface area contributed by atoms with Gasteiger partial charge in [-0.3, -0.25) is 4.79 Å². The third-order valence-corrected chi connectivity index (χ3v) is 2.23. The largest absolute Gasteiger partial charge is 0.345 e. The molecule has 1 aromatic carbocycles. The van der Waals surface area contributed by atoms with Crippen molar-refractivity contribution < 1.29 is 4.79 Å². The Morgan fingerprint density at radius 3 is 3.19 bits per heavy atom. The number of aromatic amines is 1. The first-order valence-corrected chi connectivity index (χ1v) is 5.14. The highest BCUT2D eigenvalue weighted by Crippen LogP contribution is 2.19. The molecule has 1 aromatic heterocycles. The Hall–Kier alpha value is -1.88. The molecular formula is C11H14N4O. The van der Waals surface area contributed by atoms with Crippen LogP contribution in [0.5, 0.6) is 0 Å². The minimum Gasteiger partial charge on any atom is -0.345 e. The van der Waals surface area contributed by atoms with Crippen molar-refractivity contribution >= 4 is 22.6 Å². The van der Waals surface area contributed by atoms with Gasteiger partial charge in [0, 0.05) is 12.5 Å². The molecule has 1 heterocycles. The average molecular weight is 218 g/mol. The van der Waals surface area contributed by atoms with Crippen LogP contribution in [0.2, 0.25) is 0 Å². The van der Waals surface area contributed by atoms with Crippen LogP contribution in [0.3, 0.4) is 0 Å². The summed E-state index contributed by atoms with van der Waals surface area (Å²) in [7, 11) is 0. The first-order valence-electron chi connectivity index (χ1n) is 5.14. The number of nitrogens with two attached hydrogens (primary N) is 1. The molecule has 0 aliphatic rings. The molecule has 0 aliphatic carbocycles. The second-order valence-corrected chi connectivity index (χ2v) is 3.83. The van der Waals surface area contributed by atoms with Crippen molar-refractivity contribution in [2.75, 3.05) is 5.32 Å². The molecule has 4 N–H and O–H groups in total. The lowest BCUT2D eigenvalue weighted by atomic mass is 10.2. The molecule has 2 rings (SSSR count). The lowest BCUT2D eigenvalue weighted by Gasteiger charge is -2.07. The van der Waals surface area contributed by atoms with Crippen molar-refractivity contribution in [3.05, 3.63) is 24.5 Å². The molecule has 0 spiro atoms. The molecule has 1 amide bonds. The monoisotopic (exact) mass is 218 g/mol. The predicted molar refractivity (Wildman–Crippen MR) is 63.0 cm³/mol. The minimum absolute atomic E-state index is 0.0921. The van der Waals surface area contributed by atoms with Gasteiger partial charge in [0.15, 0.2) is 0 Å². The zero-order valence-corrected chi connectivity index (χ0v) is 9.03. The van der Waals surface area contributed by atoms with Crippen molar-refractivity contribution in [3.8, 4) is 0 Å². The van der Waals surface area contributed by atoms with E-state index in [0.717, 1.165) is 11.0 Å². The summed E-state index contributed by atoms with van der Waals surface area (Å²) in [5, 5.41) is 2.80. The Morgan fingerprint density at radius 2 is 2.44 bits per heavy atom. The number of carbonyl (C=O) groups is 1. The van der Waals surface area contributed by atoms with E-state index < -0.39 is 0 Å². The number of rotatable bonds is 3. The molecule has 5 heteroatoms. The van der Waals surface area contributed by atoms with Crippen LogP contribution in [0.4, 0.5) is 5.69 Å². The number of anilines is 1. The van der Waals surface area contributed by atoms with E-state index in [1.165, 1.54) is 0 Å². The molecule has 1 atom stereocenters. The van der Waals surface area contributed by atoms with E-state index in [0.29, 0.717) is 12.1 Å². The van der Waals surface area contributed by atoms with Gasteiger partial charge in [0.25, 0.3) is 0 Å². The van der Waals surface area contributed by atoms with Crippen LogP contribution < -0.4 is 11.1 Å². The molecule has 84 valence electrons. The fourth-order valence-electron chi connectivity index (χ4n) is 1.56. The maximum Gasteiger partial charge on any atom is 0.225 e. The van der Waals surface area contributed by atoms with Gasteiger partial charge in [-0.1, -0.05) is 6.07 Å². The Kier molecular flexibility index (Phi) is 2.87. The Morgan fingerprint density at radius 1 is 1.62 bits per heavy atom. The predicted octanol–water partition coefficient (Wildman–Crippen LogP) is 1.24. The van der Waals surface area contributed by atoms with Crippen LogP contribution in [-0.4, -0.2) is 21.9 Å². The van der Waals surface area contributed by atoms with Gasteiger partial charge in [-0.15, -0.1) is 0 Å². The van der Waals surface area contributed by atoms with Crippen molar-refractivity contribution in [1.82, 2.24) is 9.97 Å². The van der Waals surface area contributed by atoms with Gasteiger partial charge in [-0.25, -0.2) is 4.98 Å². The fourth-order valence-corrected chi connectivity index (χ4v) is 1.56. The number of para-hydroxylation sites is 1. The van der Waals surface area contributed by atoms with E-state index in [4.69, 9.17) is 5.73 Å². The molecule has 16 heavy (non-hydrogen) atoms. The van der Waals surface area contributed by atoms with E-state index in [1.807, 2.05) is 18.2 Å². The van der Waals surface area contributed by atoms with Crippen LogP contribution in [0, 0.1) is 0 Å². The third kappa shape index (κ3) is 2.20. The van der Waals surface area contributed by atoms with E-state index >= 15 is 0 Å². The zero-order valence-electron chi connectivity index (χ0n) is 9.03. The number of imidazole rings is 1. The van der Waals surface area contributed by atoms with Crippen LogP contribution in [0.25, 0.3) is 11.0 Å². The molecule has 0 saturated carbocycles.